The second kappa shape index (κ2) is 72.5. The number of methoxy groups -OCH3 is 1. The fraction of sp³-hybridized carbons (Fsp3) is 0.770. The van der Waals surface area contributed by atoms with Crippen LogP contribution in [0, 0.1) is 23.7 Å². The van der Waals surface area contributed by atoms with Crippen LogP contribution >= 0.6 is 7.80 Å². The Hall–Kier alpha value is -7.75. The van der Waals surface area contributed by atoms with Crippen LogP contribution in [0.5, 0.6) is 0 Å². The van der Waals surface area contributed by atoms with Crippen molar-refractivity contribution in [3.05, 3.63) is 0 Å². The summed E-state index contributed by atoms with van der Waals surface area (Å²) >= 11 is 0. The van der Waals surface area contributed by atoms with Gasteiger partial charge in [0.05, 0.1) is 77.0 Å². The van der Waals surface area contributed by atoms with E-state index in [2.05, 4.69) is 37.2 Å². The van der Waals surface area contributed by atoms with Gasteiger partial charge < -0.3 is 65.6 Å². The van der Waals surface area contributed by atoms with Crippen molar-refractivity contribution >= 4 is 132 Å². The number of ketones is 13. The Bertz CT molecular complexity index is 3260. The quantitative estimate of drug-likeness (QED) is 0.0183. The van der Waals surface area contributed by atoms with Crippen LogP contribution in [-0.4, -0.2) is 260 Å². The highest BCUT2D eigenvalue weighted by molar-refractivity contribution is 7.82. The number of hydrogen-bond donors (Lipinski definition) is 7. The monoisotopic (exact) mass is 1750 g/mol. The average Bonchev–Trinajstić information content (AvgIpc) is 0.850. The minimum Gasteiger partial charge on any atom is -0.382 e. The molecule has 122 heavy (non-hydrogen) atoms. The van der Waals surface area contributed by atoms with Gasteiger partial charge in [-0.15, -0.1) is 0 Å². The Labute approximate surface area is 726 Å². The van der Waals surface area contributed by atoms with Gasteiger partial charge in [-0.3, -0.25) is 95.9 Å². The molecule has 694 valence electrons. The Morgan fingerprint density at radius 2 is 0.631 bits per heavy atom. The summed E-state index contributed by atoms with van der Waals surface area (Å²) in [6.45, 7) is 17.3. The second-order valence-corrected chi connectivity index (χ2v) is 31.6. The van der Waals surface area contributed by atoms with Crippen LogP contribution in [0.25, 0.3) is 0 Å². The van der Waals surface area contributed by atoms with E-state index in [0.717, 1.165) is 0 Å². The van der Waals surface area contributed by atoms with Crippen molar-refractivity contribution in [2.24, 2.45) is 23.7 Å². The summed E-state index contributed by atoms with van der Waals surface area (Å²) in [5.74, 6) is -13.6. The van der Waals surface area contributed by atoms with Crippen LogP contribution in [0.2, 0.25) is 0 Å². The Kier molecular flexibility index (Phi) is 70.4. The van der Waals surface area contributed by atoms with Gasteiger partial charge >= 0.3 is 0 Å². The van der Waals surface area contributed by atoms with E-state index >= 15 is 0 Å². The Morgan fingerprint density at radius 1 is 0.287 bits per heavy atom. The van der Waals surface area contributed by atoms with Crippen LogP contribution in [-0.2, 0) is 124 Å². The van der Waals surface area contributed by atoms with Crippen molar-refractivity contribution in [1.29, 1.82) is 0 Å². The highest BCUT2D eigenvalue weighted by Crippen LogP contribution is 2.28. The van der Waals surface area contributed by atoms with Crippen LogP contribution in [0.4, 0.5) is 0 Å². The molecule has 0 spiro atoms. The molecule has 0 heterocycles. The molecule has 7 amide bonds. The molecule has 7 N–H and O–H groups in total. The largest absolute Gasteiger partial charge is 0.382 e. The van der Waals surface area contributed by atoms with Gasteiger partial charge in [-0.05, 0) is 71.1 Å². The highest BCUT2D eigenvalue weighted by atomic mass is 31.1. The Balaban J connectivity index is -0.0000708. The predicted octanol–water partition coefficient (Wildman–Crippen LogP) is 6.97. The van der Waals surface area contributed by atoms with Crippen molar-refractivity contribution < 1.29 is 124 Å². The zero-order chi connectivity index (χ0) is 90.3. The molecule has 2 radical (unpaired) electrons. The third-order valence-corrected chi connectivity index (χ3v) is 21.0. The first-order valence-corrected chi connectivity index (χ1v) is 44.9. The number of hydrogen-bond acceptors (Lipinski definition) is 26. The lowest BCUT2D eigenvalue weighted by molar-refractivity contribution is -0.136. The molecule has 0 aliphatic heterocycles. The summed E-state index contributed by atoms with van der Waals surface area (Å²) in [5.41, 5.74) is 0. The molecular weight excluding hydrogens is 1600 g/mol. The molecule has 10 atom stereocenters. The number of nitrogens with one attached hydrogen (secondary N) is 7. The van der Waals surface area contributed by atoms with Crippen molar-refractivity contribution in [2.45, 2.75) is 306 Å². The SMILES string of the molecule is C.C.[B]P(C)CC(=O)C(CCC(=O)NCCOCCOCC(=O)CC(CCC(=O)NC(CCC(=O)NC(CCC(=O)CC)C(=O)CC)C(=O)CC(CCC(=O)CC)C(=O)CC)C(=O)NC(CCC(=O)NC(CCC(=O)CC)C(=O)CC)C(=O)NC(CCC(=O)CC)C(=O)CC)CC(=O)CCC(CCC(=O)COCCOCC)C(=O)NCCOCCOC. The number of rotatable bonds is 80. The van der Waals surface area contributed by atoms with E-state index in [-0.39, 0.29) is 292 Å². The zero-order valence-electron chi connectivity index (χ0n) is 73.2. The van der Waals surface area contributed by atoms with Gasteiger partial charge in [-0.25, -0.2) is 0 Å². The molecule has 0 bridgehead atoms. The van der Waals surface area contributed by atoms with Gasteiger partial charge in [0.2, 0.25) is 41.4 Å². The predicted molar refractivity (Wildman–Crippen MR) is 462 cm³/mol. The first-order valence-electron chi connectivity index (χ1n) is 42.8. The molecule has 35 heteroatoms. The molecule has 0 rings (SSSR count). The summed E-state index contributed by atoms with van der Waals surface area (Å²) in [4.78, 5) is 268. The molecule has 0 aromatic heterocycles. The Morgan fingerprint density at radius 3 is 1.10 bits per heavy atom. The van der Waals surface area contributed by atoms with Gasteiger partial charge in [0, 0.05) is 191 Å². The van der Waals surface area contributed by atoms with Gasteiger partial charge in [-0.2, -0.15) is 7.80 Å². The maximum absolute atomic E-state index is 14.9. The van der Waals surface area contributed by atoms with E-state index in [9.17, 15) is 95.9 Å². The minimum absolute atomic E-state index is 0. The maximum Gasteiger partial charge on any atom is 0.243 e. The van der Waals surface area contributed by atoms with Crippen molar-refractivity contribution in [3.63, 3.8) is 0 Å². The van der Waals surface area contributed by atoms with Crippen LogP contribution in [0.15, 0.2) is 0 Å². The molecule has 0 aliphatic carbocycles. The lowest BCUT2D eigenvalue weighted by Gasteiger charge is -2.25. The third-order valence-electron chi connectivity index (χ3n) is 20.2. The topological polar surface area (TPSA) is 481 Å². The van der Waals surface area contributed by atoms with Gasteiger partial charge in [0.15, 0.2) is 34.7 Å². The fourth-order valence-electron chi connectivity index (χ4n) is 12.6. The summed E-state index contributed by atoms with van der Waals surface area (Å²) < 4.78 is 32.4. The number of ether oxygens (including phenoxy) is 6. The van der Waals surface area contributed by atoms with E-state index in [1.165, 1.54) is 14.0 Å². The molecule has 33 nitrogen and oxygen atoms in total. The minimum atomic E-state index is -1.66. The fourth-order valence-corrected chi connectivity index (χ4v) is 13.3. The number of amides is 7. The summed E-state index contributed by atoms with van der Waals surface area (Å²) in [6, 6.07) is -6.48. The van der Waals surface area contributed by atoms with Crippen molar-refractivity contribution in [2.75, 3.05) is 106 Å². The number of Topliss-reactive ketones (excluding diaryl/α,β-unsaturated/α-hetero) is 13. The average molecular weight is 1750 g/mol. The molecule has 0 aliphatic rings. The lowest BCUT2D eigenvalue weighted by Crippen LogP contribution is -2.53. The van der Waals surface area contributed by atoms with E-state index < -0.39 is 166 Å². The third kappa shape index (κ3) is 56.9. The van der Waals surface area contributed by atoms with E-state index in [1.54, 1.807) is 55.1 Å². The molecule has 0 fully saturated rings. The van der Waals surface area contributed by atoms with Crippen molar-refractivity contribution in [3.8, 4) is 0 Å². The molecule has 10 unspecified atom stereocenters. The standard InChI is InChI=1S/C85H139BN7O26P.2CH4/c1-12-61(94)26-23-59(73(101)16-5)53-77(105)71(35-39-81(109)89-68(74(102)17-6)32-29-62(95)13-2)91-80(108)38-25-60(84(112)93-72(85(113)92-70(76(104)19-8)34-31-64(97)15-4)36-40-82(110)90-69(75(103)18-7)33-30-63(96)14-3)52-67(100)55-119-50-48-117-43-41-87-79(107)37-24-58(78(106)56-120(11)86)51-65(98)27-21-57(83(111)88-42-44-116-46-45-114-10)22-28-66(99)54-118-49-47-115-20-9;;/h57-60,68-72H,12-56H2,1-11H3,(H,87,107)(H,88,111)(H,89,109)(H,90,110)(H,91,108)(H,92,113)(H,93,112);2*1H4. The smallest absolute Gasteiger partial charge is 0.243 e. The summed E-state index contributed by atoms with van der Waals surface area (Å²) in [6.07, 6.45) is -3.76. The number of carbonyl (C=O) groups is 20. The van der Waals surface area contributed by atoms with Gasteiger partial charge in [0.1, 0.15) is 67.3 Å². The van der Waals surface area contributed by atoms with E-state index in [1.807, 2.05) is 6.92 Å². The maximum atomic E-state index is 14.9. The molecule has 0 aromatic rings. The first kappa shape index (κ1) is 118. The molecule has 0 aromatic carbocycles. The highest BCUT2D eigenvalue weighted by Gasteiger charge is 2.35. The molecule has 0 saturated carbocycles. The van der Waals surface area contributed by atoms with Crippen molar-refractivity contribution in [1.82, 2.24) is 37.2 Å². The summed E-state index contributed by atoms with van der Waals surface area (Å²) in [7, 11) is 6.37. The number of carbonyl (C=O) groups excluding carboxylic acids is 20. The molecular formula is C87H147BN7O26P. The van der Waals surface area contributed by atoms with Crippen LogP contribution < -0.4 is 37.2 Å². The second-order valence-electron chi connectivity index (χ2n) is 29.7. The van der Waals surface area contributed by atoms with Crippen LogP contribution in [0.3, 0.4) is 0 Å². The zero-order valence-corrected chi connectivity index (χ0v) is 74.0. The van der Waals surface area contributed by atoms with Gasteiger partial charge in [0.25, 0.3) is 0 Å². The molecule has 0 saturated heterocycles. The normalized spacial score (nSPS) is 13.5. The van der Waals surface area contributed by atoms with Crippen LogP contribution in [0.1, 0.15) is 276 Å². The van der Waals surface area contributed by atoms with Gasteiger partial charge in [-0.1, -0.05) is 76.9 Å². The summed E-state index contributed by atoms with van der Waals surface area (Å²) in [5, 5.41) is 18.6. The first-order chi connectivity index (χ1) is 57.2. The van der Waals surface area contributed by atoms with E-state index in [4.69, 9.17) is 36.0 Å². The lowest BCUT2D eigenvalue weighted by atomic mass is 9.87. The van der Waals surface area contributed by atoms with E-state index in [0.29, 0.717) is 26.4 Å².